The van der Waals surface area contributed by atoms with E-state index in [1.54, 1.807) is 36.7 Å². The maximum absolute atomic E-state index is 12.6. The van der Waals surface area contributed by atoms with Gasteiger partial charge >= 0.3 is 6.18 Å². The van der Waals surface area contributed by atoms with Crippen molar-refractivity contribution in [1.29, 1.82) is 0 Å². The Morgan fingerprint density at radius 2 is 2.04 bits per heavy atom. The fraction of sp³-hybridized carbons (Fsp3) is 0.263. The van der Waals surface area contributed by atoms with Crippen molar-refractivity contribution in [3.8, 4) is 5.75 Å². The first-order valence-electron chi connectivity index (χ1n) is 8.35. The van der Waals surface area contributed by atoms with Crippen molar-refractivity contribution < 1.29 is 22.7 Å². The lowest BCUT2D eigenvalue weighted by molar-refractivity contribution is -0.153. The van der Waals surface area contributed by atoms with Gasteiger partial charge < -0.3 is 14.6 Å². The molecule has 0 radical (unpaired) electrons. The fourth-order valence-corrected chi connectivity index (χ4v) is 2.96. The number of nitrogens with one attached hydrogen (secondary N) is 1. The van der Waals surface area contributed by atoms with Crippen LogP contribution in [0.1, 0.15) is 29.1 Å². The van der Waals surface area contributed by atoms with E-state index in [1.807, 2.05) is 6.07 Å². The predicted molar refractivity (Wildman–Crippen MR) is 99.6 cm³/mol. The van der Waals surface area contributed by atoms with Gasteiger partial charge in [0.2, 0.25) is 0 Å². The third-order valence-corrected chi connectivity index (χ3v) is 4.43. The first-order valence-corrected chi connectivity index (χ1v) is 8.73. The van der Waals surface area contributed by atoms with Crippen molar-refractivity contribution in [2.45, 2.75) is 19.1 Å². The van der Waals surface area contributed by atoms with Crippen LogP contribution < -0.4 is 10.1 Å². The highest BCUT2D eigenvalue weighted by atomic mass is 35.5. The van der Waals surface area contributed by atoms with E-state index in [1.165, 1.54) is 18.3 Å². The molecule has 1 aromatic carbocycles. The van der Waals surface area contributed by atoms with E-state index in [2.05, 4.69) is 15.0 Å². The molecule has 0 aliphatic heterocycles. The maximum Gasteiger partial charge on any atom is 0.422 e. The van der Waals surface area contributed by atoms with Gasteiger partial charge in [-0.25, -0.2) is 0 Å². The molecule has 0 aliphatic carbocycles. The van der Waals surface area contributed by atoms with E-state index < -0.39 is 18.8 Å². The number of fused-ring (bicyclic) bond motifs is 1. The SMILES string of the molecule is C[C@@H](NC(=O)c1cc2cc(Cl)ccc2n1C)c1ccc(OCC(F)(F)F)cn1. The molecule has 0 aliphatic rings. The summed E-state index contributed by atoms with van der Waals surface area (Å²) in [6.45, 7) is 0.349. The number of halogens is 4. The van der Waals surface area contributed by atoms with E-state index in [0.717, 1.165) is 10.9 Å². The Balaban J connectivity index is 1.70. The number of carbonyl (C=O) groups is 1. The Labute approximate surface area is 164 Å². The second-order valence-corrected chi connectivity index (χ2v) is 6.75. The molecule has 2 aromatic heterocycles. The molecule has 28 heavy (non-hydrogen) atoms. The monoisotopic (exact) mass is 411 g/mol. The number of carbonyl (C=O) groups excluding carboxylic acids is 1. The minimum atomic E-state index is -4.41. The first kappa shape index (κ1) is 20.0. The Hall–Kier alpha value is -2.74. The van der Waals surface area contributed by atoms with Crippen molar-refractivity contribution in [2.24, 2.45) is 7.05 Å². The van der Waals surface area contributed by atoms with Crippen LogP contribution in [0.2, 0.25) is 5.02 Å². The summed E-state index contributed by atoms with van der Waals surface area (Å²) in [6, 6.07) is 9.54. The Morgan fingerprint density at radius 3 is 2.68 bits per heavy atom. The highest BCUT2D eigenvalue weighted by Gasteiger charge is 2.28. The number of alkyl halides is 3. The van der Waals surface area contributed by atoms with Gasteiger partial charge in [0.25, 0.3) is 5.91 Å². The number of hydrogen-bond acceptors (Lipinski definition) is 3. The largest absolute Gasteiger partial charge is 0.483 e. The van der Waals surface area contributed by atoms with Gasteiger partial charge in [-0.3, -0.25) is 9.78 Å². The van der Waals surface area contributed by atoms with Crippen LogP contribution in [-0.4, -0.2) is 28.2 Å². The second kappa shape index (κ2) is 7.71. The number of pyridine rings is 1. The summed E-state index contributed by atoms with van der Waals surface area (Å²) >= 11 is 5.99. The van der Waals surface area contributed by atoms with Crippen LogP contribution in [0.3, 0.4) is 0 Å². The number of amides is 1. The van der Waals surface area contributed by atoms with Crippen LogP contribution in [0.25, 0.3) is 10.9 Å². The quantitative estimate of drug-likeness (QED) is 0.664. The molecule has 2 heterocycles. The summed E-state index contributed by atoms with van der Waals surface area (Å²) in [4.78, 5) is 16.7. The standard InChI is InChI=1S/C19H17ClF3N3O2/c1-11(15-5-4-14(9-24-15)28-10-19(21,22)23)25-18(27)17-8-12-7-13(20)3-6-16(12)26(17)2/h3-9,11H,10H2,1-2H3,(H,25,27)/t11-/m1/s1. The van der Waals surface area contributed by atoms with Gasteiger partial charge in [-0.05, 0) is 43.3 Å². The summed E-state index contributed by atoms with van der Waals surface area (Å²) in [5, 5.41) is 4.25. The maximum atomic E-state index is 12.6. The number of ether oxygens (including phenoxy) is 1. The predicted octanol–water partition coefficient (Wildman–Crippen LogP) is 4.66. The normalized spacial score (nSPS) is 12.8. The molecular formula is C19H17ClF3N3O2. The summed E-state index contributed by atoms with van der Waals surface area (Å²) < 4.78 is 42.9. The number of hydrogen-bond donors (Lipinski definition) is 1. The number of rotatable bonds is 5. The van der Waals surface area contributed by atoms with E-state index in [0.29, 0.717) is 16.4 Å². The van der Waals surface area contributed by atoms with E-state index in [9.17, 15) is 18.0 Å². The highest BCUT2D eigenvalue weighted by Crippen LogP contribution is 2.23. The molecular weight excluding hydrogens is 395 g/mol. The Kier molecular flexibility index (Phi) is 5.51. The summed E-state index contributed by atoms with van der Waals surface area (Å²) in [5.74, 6) is -0.299. The van der Waals surface area contributed by atoms with Crippen LogP contribution in [0.5, 0.6) is 5.75 Å². The molecule has 1 N–H and O–H groups in total. The van der Waals surface area contributed by atoms with Crippen LogP contribution >= 0.6 is 11.6 Å². The van der Waals surface area contributed by atoms with Crippen LogP contribution in [0.4, 0.5) is 13.2 Å². The lowest BCUT2D eigenvalue weighted by atomic mass is 10.2. The van der Waals surface area contributed by atoms with Gasteiger partial charge in [-0.1, -0.05) is 11.6 Å². The average molecular weight is 412 g/mol. The van der Waals surface area contributed by atoms with Crippen LogP contribution in [0, 0.1) is 0 Å². The summed E-state index contributed by atoms with van der Waals surface area (Å²) in [6.07, 6.45) is -3.22. The minimum Gasteiger partial charge on any atom is -0.483 e. The molecule has 1 amide bonds. The van der Waals surface area contributed by atoms with Gasteiger partial charge in [0.1, 0.15) is 11.4 Å². The molecule has 5 nitrogen and oxygen atoms in total. The number of benzene rings is 1. The van der Waals surface area contributed by atoms with Crippen molar-refractivity contribution in [3.05, 3.63) is 59.0 Å². The lowest BCUT2D eigenvalue weighted by Crippen LogP contribution is -2.28. The van der Waals surface area contributed by atoms with Gasteiger partial charge in [0, 0.05) is 23.0 Å². The number of nitrogens with zero attached hydrogens (tertiary/aromatic N) is 2. The third kappa shape index (κ3) is 4.56. The van der Waals surface area contributed by atoms with Gasteiger partial charge in [-0.2, -0.15) is 13.2 Å². The summed E-state index contributed by atoms with van der Waals surface area (Å²) in [7, 11) is 1.78. The summed E-state index contributed by atoms with van der Waals surface area (Å²) in [5.41, 5.74) is 1.82. The Bertz CT molecular complexity index is 1000. The van der Waals surface area contributed by atoms with Crippen LogP contribution in [-0.2, 0) is 7.05 Å². The molecule has 148 valence electrons. The van der Waals surface area contributed by atoms with Crippen molar-refractivity contribution >= 4 is 28.4 Å². The van der Waals surface area contributed by atoms with E-state index >= 15 is 0 Å². The smallest absolute Gasteiger partial charge is 0.422 e. The highest BCUT2D eigenvalue weighted by molar-refractivity contribution is 6.31. The molecule has 3 aromatic rings. The van der Waals surface area contributed by atoms with Crippen molar-refractivity contribution in [2.75, 3.05) is 6.61 Å². The van der Waals surface area contributed by atoms with Gasteiger partial charge in [-0.15, -0.1) is 0 Å². The van der Waals surface area contributed by atoms with Crippen LogP contribution in [0.15, 0.2) is 42.6 Å². The second-order valence-electron chi connectivity index (χ2n) is 6.31. The molecule has 0 fully saturated rings. The zero-order chi connectivity index (χ0) is 20.5. The molecule has 1 atom stereocenters. The van der Waals surface area contributed by atoms with Gasteiger partial charge in [0.05, 0.1) is 17.9 Å². The fourth-order valence-electron chi connectivity index (χ4n) is 2.78. The molecule has 0 unspecified atom stereocenters. The first-order chi connectivity index (χ1) is 13.1. The third-order valence-electron chi connectivity index (χ3n) is 4.19. The molecule has 0 spiro atoms. The Morgan fingerprint density at radius 1 is 1.29 bits per heavy atom. The number of aryl methyl sites for hydroxylation is 1. The van der Waals surface area contributed by atoms with E-state index in [4.69, 9.17) is 11.6 Å². The molecule has 0 saturated carbocycles. The van der Waals surface area contributed by atoms with Crippen molar-refractivity contribution in [3.63, 3.8) is 0 Å². The minimum absolute atomic E-state index is 0.00478. The molecule has 0 bridgehead atoms. The zero-order valence-corrected chi connectivity index (χ0v) is 15.8. The lowest BCUT2D eigenvalue weighted by Gasteiger charge is -2.15. The van der Waals surface area contributed by atoms with E-state index in [-0.39, 0.29) is 11.7 Å². The molecule has 0 saturated heterocycles. The molecule has 9 heteroatoms. The van der Waals surface area contributed by atoms with Gasteiger partial charge in [0.15, 0.2) is 6.61 Å². The zero-order valence-electron chi connectivity index (χ0n) is 15.0. The molecule has 3 rings (SSSR count). The topological polar surface area (TPSA) is 56.2 Å². The average Bonchev–Trinajstić information content (AvgIpc) is 2.95. The number of aromatic nitrogens is 2. The van der Waals surface area contributed by atoms with Crippen molar-refractivity contribution in [1.82, 2.24) is 14.9 Å².